The third-order valence-electron chi connectivity index (χ3n) is 2.89. The molecule has 1 aromatic carbocycles. The third kappa shape index (κ3) is 4.07. The highest BCUT2D eigenvalue weighted by molar-refractivity contribution is 7.88. The van der Waals surface area contributed by atoms with Gasteiger partial charge in [0.15, 0.2) is 0 Å². The lowest BCUT2D eigenvalue weighted by molar-refractivity contribution is 0.389. The Kier molecular flexibility index (Phi) is 5.05. The Morgan fingerprint density at radius 1 is 1.19 bits per heavy atom. The van der Waals surface area contributed by atoms with Crippen LogP contribution in [0.15, 0.2) is 45.9 Å². The minimum Gasteiger partial charge on any atom is -0.447 e. The van der Waals surface area contributed by atoms with E-state index < -0.39 is 10.0 Å². The van der Waals surface area contributed by atoms with Crippen LogP contribution in [0.25, 0.3) is 0 Å². The molecule has 0 aliphatic heterocycles. The number of rotatable bonds is 6. The van der Waals surface area contributed by atoms with Gasteiger partial charge in [-0.25, -0.2) is 12.7 Å². The van der Waals surface area contributed by atoms with E-state index in [-0.39, 0.29) is 5.09 Å². The van der Waals surface area contributed by atoms with Crippen LogP contribution in [0.3, 0.4) is 0 Å². The van der Waals surface area contributed by atoms with E-state index in [1.54, 1.807) is 6.07 Å². The molecule has 0 bridgehead atoms. The second-order valence-corrected chi connectivity index (χ2v) is 7.26. The van der Waals surface area contributed by atoms with Gasteiger partial charge in [0.2, 0.25) is 5.09 Å². The van der Waals surface area contributed by atoms with Crippen molar-refractivity contribution in [2.75, 3.05) is 14.1 Å². The Morgan fingerprint density at radius 3 is 2.62 bits per heavy atom. The molecule has 0 unspecified atom stereocenters. The number of sulfonamides is 1. The zero-order chi connectivity index (χ0) is 15.5. The Morgan fingerprint density at radius 2 is 1.95 bits per heavy atom. The number of nitrogens with zero attached hydrogens (tertiary/aromatic N) is 1. The maximum absolute atomic E-state index is 11.9. The Hall–Kier alpha value is -1.34. The zero-order valence-corrected chi connectivity index (χ0v) is 13.4. The number of furan rings is 1. The fraction of sp³-hybridized carbons (Fsp3) is 0.286. The molecule has 7 heteroatoms. The monoisotopic (exact) mass is 328 g/mol. The summed E-state index contributed by atoms with van der Waals surface area (Å²) in [7, 11) is -0.583. The van der Waals surface area contributed by atoms with E-state index in [4.69, 9.17) is 16.0 Å². The molecular formula is C14H17ClN2O3S. The van der Waals surface area contributed by atoms with E-state index in [1.807, 2.05) is 24.3 Å². The first kappa shape index (κ1) is 16.0. The highest BCUT2D eigenvalue weighted by atomic mass is 35.5. The Balaban J connectivity index is 1.95. The van der Waals surface area contributed by atoms with Crippen LogP contribution >= 0.6 is 11.6 Å². The molecule has 0 saturated heterocycles. The van der Waals surface area contributed by atoms with Crippen LogP contribution in [0.5, 0.6) is 0 Å². The molecule has 1 N–H and O–H groups in total. The zero-order valence-electron chi connectivity index (χ0n) is 11.8. The molecule has 5 nitrogen and oxygen atoms in total. The summed E-state index contributed by atoms with van der Waals surface area (Å²) >= 11 is 5.91. The maximum atomic E-state index is 11.9. The number of hydrogen-bond donors (Lipinski definition) is 1. The lowest BCUT2D eigenvalue weighted by Gasteiger charge is -2.08. The topological polar surface area (TPSA) is 62.6 Å². The Bertz CT molecular complexity index is 711. The predicted octanol–water partition coefficient (Wildman–Crippen LogP) is 2.47. The smallest absolute Gasteiger partial charge is 0.275 e. The van der Waals surface area contributed by atoms with E-state index in [1.165, 1.54) is 20.2 Å². The van der Waals surface area contributed by atoms with Gasteiger partial charge >= 0.3 is 0 Å². The first-order valence-electron chi connectivity index (χ1n) is 6.36. The molecule has 1 aromatic heterocycles. The first-order valence-corrected chi connectivity index (χ1v) is 8.18. The molecule has 0 atom stereocenters. The van der Waals surface area contributed by atoms with Gasteiger partial charge in [-0.05, 0) is 29.8 Å². The average molecular weight is 329 g/mol. The number of hydrogen-bond acceptors (Lipinski definition) is 4. The van der Waals surface area contributed by atoms with Gasteiger partial charge in [-0.3, -0.25) is 0 Å². The molecule has 0 amide bonds. The second-order valence-electron chi connectivity index (χ2n) is 4.74. The Labute approximate surface area is 129 Å². The fourth-order valence-electron chi connectivity index (χ4n) is 1.75. The van der Waals surface area contributed by atoms with Gasteiger partial charge in [0.05, 0.1) is 6.54 Å². The molecular weight excluding hydrogens is 312 g/mol. The number of nitrogens with one attached hydrogen (secondary N) is 1. The van der Waals surface area contributed by atoms with Crippen molar-refractivity contribution in [2.24, 2.45) is 0 Å². The van der Waals surface area contributed by atoms with Crippen LogP contribution in [0, 0.1) is 0 Å². The van der Waals surface area contributed by atoms with E-state index in [0.29, 0.717) is 23.9 Å². The van der Waals surface area contributed by atoms with Gasteiger partial charge in [0.1, 0.15) is 5.76 Å². The molecule has 0 aliphatic rings. The molecule has 2 aromatic rings. The van der Waals surface area contributed by atoms with Crippen LogP contribution in [0.1, 0.15) is 11.3 Å². The molecule has 0 radical (unpaired) electrons. The molecule has 0 spiro atoms. The normalized spacial score (nSPS) is 12.0. The fourth-order valence-corrected chi connectivity index (χ4v) is 2.77. The maximum Gasteiger partial charge on any atom is 0.275 e. The van der Waals surface area contributed by atoms with Gasteiger partial charge in [-0.15, -0.1) is 0 Å². The molecule has 0 saturated carbocycles. The quantitative estimate of drug-likeness (QED) is 0.885. The summed E-state index contributed by atoms with van der Waals surface area (Å²) in [6.45, 7) is 1.06. The minimum absolute atomic E-state index is 0.0490. The lowest BCUT2D eigenvalue weighted by Crippen LogP contribution is -2.21. The highest BCUT2D eigenvalue weighted by Gasteiger charge is 2.21. The summed E-state index contributed by atoms with van der Waals surface area (Å²) in [4.78, 5) is 0. The number of benzene rings is 1. The largest absolute Gasteiger partial charge is 0.447 e. The van der Waals surface area contributed by atoms with Crippen molar-refractivity contribution in [2.45, 2.75) is 18.2 Å². The molecule has 1 heterocycles. The van der Waals surface area contributed by atoms with Crippen molar-refractivity contribution in [3.05, 3.63) is 52.7 Å². The van der Waals surface area contributed by atoms with Gasteiger partial charge in [-0.2, -0.15) is 0 Å². The van der Waals surface area contributed by atoms with Crippen molar-refractivity contribution < 1.29 is 12.8 Å². The highest BCUT2D eigenvalue weighted by Crippen LogP contribution is 2.17. The van der Waals surface area contributed by atoms with Gasteiger partial charge < -0.3 is 9.73 Å². The van der Waals surface area contributed by atoms with Crippen molar-refractivity contribution in [1.82, 2.24) is 9.62 Å². The van der Waals surface area contributed by atoms with Gasteiger partial charge in [0, 0.05) is 25.7 Å². The summed E-state index contributed by atoms with van der Waals surface area (Å²) in [5, 5.41) is 3.82. The molecule has 0 aliphatic carbocycles. The van der Waals surface area contributed by atoms with Crippen molar-refractivity contribution in [3.63, 3.8) is 0 Å². The van der Waals surface area contributed by atoms with E-state index in [0.717, 1.165) is 9.87 Å². The average Bonchev–Trinajstić information content (AvgIpc) is 2.88. The van der Waals surface area contributed by atoms with Crippen LogP contribution in [-0.2, 0) is 23.1 Å². The van der Waals surface area contributed by atoms with E-state index in [2.05, 4.69) is 5.32 Å². The van der Waals surface area contributed by atoms with Crippen molar-refractivity contribution in [3.8, 4) is 0 Å². The van der Waals surface area contributed by atoms with Gasteiger partial charge in [-0.1, -0.05) is 23.7 Å². The molecule has 2 rings (SSSR count). The summed E-state index contributed by atoms with van der Waals surface area (Å²) in [6.07, 6.45) is 0. The lowest BCUT2D eigenvalue weighted by atomic mass is 10.2. The van der Waals surface area contributed by atoms with Crippen LogP contribution < -0.4 is 5.32 Å². The third-order valence-corrected chi connectivity index (χ3v) is 4.81. The summed E-state index contributed by atoms with van der Waals surface area (Å²) < 4.78 is 30.2. The molecule has 0 fully saturated rings. The van der Waals surface area contributed by atoms with E-state index in [9.17, 15) is 8.42 Å². The second kappa shape index (κ2) is 6.62. The van der Waals surface area contributed by atoms with Crippen LogP contribution in [0.2, 0.25) is 5.02 Å². The SMILES string of the molecule is CN(C)S(=O)(=O)c1ccc(CNCc2cccc(Cl)c2)o1. The number of halogens is 1. The summed E-state index contributed by atoms with van der Waals surface area (Å²) in [6, 6.07) is 10.7. The van der Waals surface area contributed by atoms with Gasteiger partial charge in [0.25, 0.3) is 10.0 Å². The standard InChI is InChI=1S/C14H17ClN2O3S/c1-17(2)21(18,19)14-7-6-13(20-14)10-16-9-11-4-3-5-12(15)8-11/h3-8,16H,9-10H2,1-2H3. The molecule has 114 valence electrons. The molecule has 21 heavy (non-hydrogen) atoms. The minimum atomic E-state index is -3.52. The van der Waals surface area contributed by atoms with Crippen LogP contribution in [0.4, 0.5) is 0 Å². The summed E-state index contributed by atoms with van der Waals surface area (Å²) in [5.41, 5.74) is 1.05. The predicted molar refractivity (Wildman–Crippen MR) is 81.6 cm³/mol. The van der Waals surface area contributed by atoms with Crippen molar-refractivity contribution >= 4 is 21.6 Å². The first-order chi connectivity index (χ1) is 9.89. The summed E-state index contributed by atoms with van der Waals surface area (Å²) in [5.74, 6) is 0.567. The van der Waals surface area contributed by atoms with Crippen molar-refractivity contribution in [1.29, 1.82) is 0 Å². The van der Waals surface area contributed by atoms with Crippen LogP contribution in [-0.4, -0.2) is 26.8 Å². The van der Waals surface area contributed by atoms with E-state index >= 15 is 0 Å².